The SMILES string of the molecule is O=c1ccn([C@H]2C[C@@](O)(F)[C@@H](CO)O2)c(=O)[nH]1. The first-order valence-electron chi connectivity index (χ1n) is 4.93. The van der Waals surface area contributed by atoms with Crippen molar-refractivity contribution < 1.29 is 19.3 Å². The number of aliphatic hydroxyl groups is 2. The predicted octanol–water partition coefficient (Wildman–Crippen LogP) is -1.53. The Morgan fingerprint density at radius 3 is 2.88 bits per heavy atom. The number of nitrogens with one attached hydrogen (secondary N) is 1. The van der Waals surface area contributed by atoms with Gasteiger partial charge in [-0.25, -0.2) is 9.18 Å². The molecular weight excluding hydrogens is 235 g/mol. The van der Waals surface area contributed by atoms with Crippen LogP contribution in [-0.2, 0) is 4.74 Å². The molecule has 1 aliphatic rings. The van der Waals surface area contributed by atoms with Gasteiger partial charge in [-0.05, 0) is 0 Å². The number of nitrogens with zero attached hydrogens (tertiary/aromatic N) is 1. The van der Waals surface area contributed by atoms with Crippen molar-refractivity contribution in [1.82, 2.24) is 9.55 Å². The summed E-state index contributed by atoms with van der Waals surface area (Å²) in [5.74, 6) is -2.70. The van der Waals surface area contributed by atoms with Crippen LogP contribution in [0.2, 0.25) is 0 Å². The number of hydrogen-bond acceptors (Lipinski definition) is 5. The molecule has 0 amide bonds. The largest absolute Gasteiger partial charge is 0.393 e. The predicted molar refractivity (Wildman–Crippen MR) is 53.0 cm³/mol. The molecule has 17 heavy (non-hydrogen) atoms. The van der Waals surface area contributed by atoms with Crippen LogP contribution < -0.4 is 11.2 Å². The van der Waals surface area contributed by atoms with Crippen LogP contribution in [-0.4, -0.2) is 38.3 Å². The molecule has 0 saturated carbocycles. The summed E-state index contributed by atoms with van der Waals surface area (Å²) < 4.78 is 19.5. The Balaban J connectivity index is 2.32. The molecule has 0 bridgehead atoms. The lowest BCUT2D eigenvalue weighted by Crippen LogP contribution is -2.35. The molecule has 1 saturated heterocycles. The number of hydrogen-bond donors (Lipinski definition) is 3. The molecule has 3 N–H and O–H groups in total. The van der Waals surface area contributed by atoms with E-state index in [4.69, 9.17) is 9.84 Å². The Labute approximate surface area is 94.1 Å². The number of halogens is 1. The van der Waals surface area contributed by atoms with Gasteiger partial charge >= 0.3 is 5.69 Å². The smallest absolute Gasteiger partial charge is 0.330 e. The Morgan fingerprint density at radius 1 is 1.65 bits per heavy atom. The van der Waals surface area contributed by atoms with E-state index in [9.17, 15) is 19.1 Å². The summed E-state index contributed by atoms with van der Waals surface area (Å²) >= 11 is 0. The highest BCUT2D eigenvalue weighted by atomic mass is 19.2. The van der Waals surface area contributed by atoms with Crippen LogP contribution in [0.5, 0.6) is 0 Å². The third-order valence-electron chi connectivity index (χ3n) is 2.60. The Morgan fingerprint density at radius 2 is 2.35 bits per heavy atom. The zero-order valence-electron chi connectivity index (χ0n) is 8.67. The maximum Gasteiger partial charge on any atom is 0.330 e. The lowest BCUT2D eigenvalue weighted by Gasteiger charge is -2.16. The number of rotatable bonds is 2. The van der Waals surface area contributed by atoms with Gasteiger partial charge in [0.1, 0.15) is 12.3 Å². The fourth-order valence-electron chi connectivity index (χ4n) is 1.72. The van der Waals surface area contributed by atoms with Crippen molar-refractivity contribution >= 4 is 0 Å². The second-order valence-electron chi connectivity index (χ2n) is 3.80. The van der Waals surface area contributed by atoms with E-state index in [1.807, 2.05) is 4.98 Å². The molecule has 1 aromatic rings. The third kappa shape index (κ3) is 2.14. The molecule has 0 unspecified atom stereocenters. The summed E-state index contributed by atoms with van der Waals surface area (Å²) in [6.07, 6.45) is -1.83. The highest BCUT2D eigenvalue weighted by Gasteiger charge is 2.48. The number of H-pyrrole nitrogens is 1. The Bertz CT molecular complexity index is 523. The van der Waals surface area contributed by atoms with E-state index in [0.717, 1.165) is 16.8 Å². The van der Waals surface area contributed by atoms with Gasteiger partial charge in [0.05, 0.1) is 13.0 Å². The van der Waals surface area contributed by atoms with Crippen molar-refractivity contribution in [2.45, 2.75) is 24.6 Å². The van der Waals surface area contributed by atoms with E-state index in [1.54, 1.807) is 0 Å². The van der Waals surface area contributed by atoms with Crippen LogP contribution in [0.1, 0.15) is 12.6 Å². The molecule has 1 fully saturated rings. The monoisotopic (exact) mass is 246 g/mol. The summed E-state index contributed by atoms with van der Waals surface area (Å²) in [6, 6.07) is 1.08. The second-order valence-corrected chi connectivity index (χ2v) is 3.80. The molecule has 94 valence electrons. The normalized spacial score (nSPS) is 32.9. The topological polar surface area (TPSA) is 105 Å². The first-order chi connectivity index (χ1) is 7.94. The molecule has 0 aromatic carbocycles. The van der Waals surface area contributed by atoms with E-state index in [-0.39, 0.29) is 0 Å². The van der Waals surface area contributed by atoms with Crippen LogP contribution in [0.15, 0.2) is 21.9 Å². The fourth-order valence-corrected chi connectivity index (χ4v) is 1.72. The van der Waals surface area contributed by atoms with Gasteiger partial charge in [0.15, 0.2) is 0 Å². The van der Waals surface area contributed by atoms with Crippen LogP contribution in [0.3, 0.4) is 0 Å². The van der Waals surface area contributed by atoms with Crippen LogP contribution in [0.25, 0.3) is 0 Å². The van der Waals surface area contributed by atoms with Gasteiger partial charge in [0, 0.05) is 12.3 Å². The van der Waals surface area contributed by atoms with Crippen molar-refractivity contribution in [3.8, 4) is 0 Å². The summed E-state index contributed by atoms with van der Waals surface area (Å²) in [5, 5.41) is 18.1. The van der Waals surface area contributed by atoms with Crippen molar-refractivity contribution in [3.05, 3.63) is 33.1 Å². The third-order valence-corrected chi connectivity index (χ3v) is 2.60. The molecule has 2 rings (SSSR count). The van der Waals surface area contributed by atoms with Gasteiger partial charge in [0.25, 0.3) is 5.56 Å². The summed E-state index contributed by atoms with van der Waals surface area (Å²) in [5.41, 5.74) is -1.35. The van der Waals surface area contributed by atoms with Crippen LogP contribution >= 0.6 is 0 Å². The minimum Gasteiger partial charge on any atom is -0.393 e. The highest BCUT2D eigenvalue weighted by Crippen LogP contribution is 2.36. The molecule has 0 aliphatic carbocycles. The zero-order valence-corrected chi connectivity index (χ0v) is 8.67. The quantitative estimate of drug-likeness (QED) is 0.587. The minimum absolute atomic E-state index is 0.496. The van der Waals surface area contributed by atoms with Gasteiger partial charge in [-0.1, -0.05) is 0 Å². The van der Waals surface area contributed by atoms with E-state index in [2.05, 4.69) is 0 Å². The molecule has 3 atom stereocenters. The molecule has 2 heterocycles. The number of alkyl halides is 1. The zero-order chi connectivity index (χ0) is 12.6. The number of ether oxygens (including phenoxy) is 1. The molecule has 8 heteroatoms. The summed E-state index contributed by atoms with van der Waals surface area (Å²) in [7, 11) is 0. The lowest BCUT2D eigenvalue weighted by molar-refractivity contribution is -0.150. The van der Waals surface area contributed by atoms with E-state index in [1.165, 1.54) is 0 Å². The fraction of sp³-hybridized carbons (Fsp3) is 0.556. The van der Waals surface area contributed by atoms with Crippen molar-refractivity contribution in [2.24, 2.45) is 0 Å². The Hall–Kier alpha value is -1.51. The highest BCUT2D eigenvalue weighted by molar-refractivity contribution is 4.91. The van der Waals surface area contributed by atoms with Gasteiger partial charge in [0.2, 0.25) is 5.85 Å². The molecule has 1 aromatic heterocycles. The first kappa shape index (κ1) is 12.0. The average Bonchev–Trinajstić information content (AvgIpc) is 2.53. The molecule has 0 radical (unpaired) electrons. The van der Waals surface area contributed by atoms with Gasteiger partial charge in [-0.15, -0.1) is 0 Å². The summed E-state index contributed by atoms with van der Waals surface area (Å²) in [6.45, 7) is -0.707. The summed E-state index contributed by atoms with van der Waals surface area (Å²) in [4.78, 5) is 24.2. The maximum absolute atomic E-state index is 13.5. The van der Waals surface area contributed by atoms with Gasteiger partial charge in [-0.2, -0.15) is 0 Å². The Kier molecular flexibility index (Phi) is 2.86. The molecule has 7 nitrogen and oxygen atoms in total. The van der Waals surface area contributed by atoms with E-state index in [0.29, 0.717) is 0 Å². The maximum atomic E-state index is 13.5. The molecule has 0 spiro atoms. The lowest BCUT2D eigenvalue weighted by atomic mass is 10.1. The minimum atomic E-state index is -2.70. The molecular formula is C9H11FN2O5. The van der Waals surface area contributed by atoms with Crippen molar-refractivity contribution in [3.63, 3.8) is 0 Å². The van der Waals surface area contributed by atoms with Crippen molar-refractivity contribution in [2.75, 3.05) is 6.61 Å². The van der Waals surface area contributed by atoms with Crippen LogP contribution in [0.4, 0.5) is 4.39 Å². The van der Waals surface area contributed by atoms with Crippen molar-refractivity contribution in [1.29, 1.82) is 0 Å². The van der Waals surface area contributed by atoms with E-state index < -0.39 is 42.5 Å². The molecule has 1 aliphatic heterocycles. The van der Waals surface area contributed by atoms with E-state index >= 15 is 0 Å². The number of aromatic amines is 1. The first-order valence-corrected chi connectivity index (χ1v) is 4.93. The second kappa shape index (κ2) is 4.06. The number of aliphatic hydroxyl groups excluding tert-OH is 1. The standard InChI is InChI=1S/C9H11FN2O5/c10-9(16)3-7(17-5(9)4-13)12-2-1-6(14)11-8(12)15/h1-2,5,7,13,16H,3-4H2,(H,11,14,15)/t5-,7-,9+/m1/s1. The van der Waals surface area contributed by atoms with Gasteiger partial charge in [-0.3, -0.25) is 14.3 Å². The number of aromatic nitrogens is 2. The average molecular weight is 246 g/mol. The van der Waals surface area contributed by atoms with Gasteiger partial charge < -0.3 is 14.9 Å². The van der Waals surface area contributed by atoms with Crippen LogP contribution in [0, 0.1) is 0 Å².